The van der Waals surface area contributed by atoms with Crippen molar-refractivity contribution in [3.8, 4) is 0 Å². The highest BCUT2D eigenvalue weighted by Gasteiger charge is 2.21. The van der Waals surface area contributed by atoms with Gasteiger partial charge >= 0.3 is 0 Å². The van der Waals surface area contributed by atoms with Gasteiger partial charge in [0.05, 0.1) is 6.54 Å². The highest BCUT2D eigenvalue weighted by Crippen LogP contribution is 2.11. The molecule has 0 atom stereocenters. The lowest BCUT2D eigenvalue weighted by Gasteiger charge is -2.17. The number of carbonyl (C=O) groups is 2. The summed E-state index contributed by atoms with van der Waals surface area (Å²) in [4.78, 5) is 22.8. The summed E-state index contributed by atoms with van der Waals surface area (Å²) < 4.78 is 0. The summed E-state index contributed by atoms with van der Waals surface area (Å²) in [5.74, 6) is -0.218. The van der Waals surface area contributed by atoms with E-state index in [1.165, 1.54) is 0 Å². The van der Waals surface area contributed by atoms with Crippen molar-refractivity contribution in [1.82, 2.24) is 10.6 Å². The Morgan fingerprint density at radius 1 is 1.06 bits per heavy atom. The second kappa shape index (κ2) is 7.25. The molecule has 0 spiro atoms. The Bertz CT molecular complexity index is 232. The molecule has 0 saturated heterocycles. The summed E-state index contributed by atoms with van der Waals surface area (Å²) in [5, 5.41) is 5.38. The van der Waals surface area contributed by atoms with E-state index >= 15 is 0 Å². The number of hydrogen-bond donors (Lipinski definition) is 2. The summed E-state index contributed by atoms with van der Waals surface area (Å²) in [7, 11) is 0. The summed E-state index contributed by atoms with van der Waals surface area (Å²) in [6.07, 6.45) is 3.25. The largest absolute Gasteiger partial charge is 0.355 e. The summed E-state index contributed by atoms with van der Waals surface area (Å²) in [5.41, 5.74) is -0.442. The van der Waals surface area contributed by atoms with E-state index in [0.717, 1.165) is 19.3 Å². The number of carbonyl (C=O) groups excluding carboxylic acids is 2. The summed E-state index contributed by atoms with van der Waals surface area (Å²) in [6, 6.07) is 0. The van der Waals surface area contributed by atoms with Gasteiger partial charge in [0, 0.05) is 12.0 Å². The van der Waals surface area contributed by atoms with Crippen molar-refractivity contribution in [1.29, 1.82) is 0 Å². The van der Waals surface area contributed by atoms with Gasteiger partial charge in [0.1, 0.15) is 0 Å². The molecule has 0 bridgehead atoms. The van der Waals surface area contributed by atoms with Crippen molar-refractivity contribution in [2.45, 2.75) is 47.0 Å². The van der Waals surface area contributed by atoms with Gasteiger partial charge in [-0.1, -0.05) is 40.5 Å². The van der Waals surface area contributed by atoms with Gasteiger partial charge in [-0.15, -0.1) is 0 Å². The van der Waals surface area contributed by atoms with Crippen LogP contribution in [0.3, 0.4) is 0 Å². The molecule has 0 aromatic carbocycles. The van der Waals surface area contributed by atoms with Crippen LogP contribution >= 0.6 is 0 Å². The maximum absolute atomic E-state index is 11.5. The standard InChI is InChI=1S/C12H24N2O2/c1-5-6-7-8-13-10(15)9-14-11(16)12(2,3)4/h5-9H2,1-4H3,(H,13,15)(H,14,16). The lowest BCUT2D eigenvalue weighted by molar-refractivity contribution is -0.131. The fourth-order valence-electron chi connectivity index (χ4n) is 1.09. The van der Waals surface area contributed by atoms with E-state index in [2.05, 4.69) is 17.6 Å². The molecule has 2 amide bonds. The minimum absolute atomic E-state index is 0.0717. The zero-order valence-corrected chi connectivity index (χ0v) is 10.9. The van der Waals surface area contributed by atoms with E-state index < -0.39 is 5.41 Å². The van der Waals surface area contributed by atoms with E-state index in [-0.39, 0.29) is 18.4 Å². The third-order valence-electron chi connectivity index (χ3n) is 2.19. The molecule has 0 aliphatic carbocycles. The first-order valence-electron chi connectivity index (χ1n) is 5.93. The lowest BCUT2D eigenvalue weighted by Crippen LogP contribution is -2.41. The Hall–Kier alpha value is -1.06. The fourth-order valence-corrected chi connectivity index (χ4v) is 1.09. The fraction of sp³-hybridized carbons (Fsp3) is 0.833. The van der Waals surface area contributed by atoms with Gasteiger partial charge in [-0.3, -0.25) is 9.59 Å². The minimum atomic E-state index is -0.442. The van der Waals surface area contributed by atoms with Gasteiger partial charge in [0.25, 0.3) is 0 Å². The number of hydrogen-bond acceptors (Lipinski definition) is 2. The second-order valence-corrected chi connectivity index (χ2v) is 4.99. The van der Waals surface area contributed by atoms with E-state index in [1.54, 1.807) is 0 Å². The molecule has 94 valence electrons. The maximum Gasteiger partial charge on any atom is 0.239 e. The Morgan fingerprint density at radius 2 is 1.69 bits per heavy atom. The van der Waals surface area contributed by atoms with Gasteiger partial charge in [-0.25, -0.2) is 0 Å². The number of nitrogens with one attached hydrogen (secondary N) is 2. The van der Waals surface area contributed by atoms with Crippen molar-refractivity contribution in [3.05, 3.63) is 0 Å². The zero-order valence-electron chi connectivity index (χ0n) is 10.9. The van der Waals surface area contributed by atoms with Crippen LogP contribution in [0.2, 0.25) is 0 Å². The van der Waals surface area contributed by atoms with Crippen molar-refractivity contribution in [2.24, 2.45) is 5.41 Å². The maximum atomic E-state index is 11.5. The highest BCUT2D eigenvalue weighted by molar-refractivity contribution is 5.87. The quantitative estimate of drug-likeness (QED) is 0.676. The van der Waals surface area contributed by atoms with E-state index in [4.69, 9.17) is 0 Å². The number of unbranched alkanes of at least 4 members (excludes halogenated alkanes) is 2. The van der Waals surface area contributed by atoms with E-state index in [9.17, 15) is 9.59 Å². The molecule has 4 heteroatoms. The summed E-state index contributed by atoms with van der Waals surface area (Å²) in [6.45, 7) is 8.34. The van der Waals surface area contributed by atoms with Gasteiger partial charge in [0.15, 0.2) is 0 Å². The molecule has 0 aliphatic rings. The second-order valence-electron chi connectivity index (χ2n) is 4.99. The van der Waals surface area contributed by atoms with Gasteiger partial charge in [-0.05, 0) is 6.42 Å². The molecule has 4 nitrogen and oxygen atoms in total. The third kappa shape index (κ3) is 7.26. The van der Waals surface area contributed by atoms with Gasteiger partial charge in [-0.2, -0.15) is 0 Å². The molecule has 0 heterocycles. The van der Waals surface area contributed by atoms with Gasteiger partial charge in [0.2, 0.25) is 11.8 Å². The molecule has 0 aliphatic heterocycles. The molecular formula is C12H24N2O2. The van der Waals surface area contributed by atoms with Crippen LogP contribution in [0.4, 0.5) is 0 Å². The zero-order chi connectivity index (χ0) is 12.6. The van der Waals surface area contributed by atoms with Crippen molar-refractivity contribution in [2.75, 3.05) is 13.1 Å². The summed E-state index contributed by atoms with van der Waals surface area (Å²) >= 11 is 0. The number of amides is 2. The first kappa shape index (κ1) is 14.9. The minimum Gasteiger partial charge on any atom is -0.355 e. The highest BCUT2D eigenvalue weighted by atomic mass is 16.2. The lowest BCUT2D eigenvalue weighted by atomic mass is 9.96. The normalized spacial score (nSPS) is 11.0. The first-order valence-corrected chi connectivity index (χ1v) is 5.93. The molecule has 0 fully saturated rings. The van der Waals surface area contributed by atoms with Crippen LogP contribution < -0.4 is 10.6 Å². The van der Waals surface area contributed by atoms with Crippen LogP contribution in [-0.4, -0.2) is 24.9 Å². The molecule has 0 unspecified atom stereocenters. The predicted molar refractivity (Wildman–Crippen MR) is 65.0 cm³/mol. The Balaban J connectivity index is 3.62. The first-order chi connectivity index (χ1) is 7.38. The van der Waals surface area contributed by atoms with Crippen LogP contribution in [0.25, 0.3) is 0 Å². The SMILES string of the molecule is CCCCCNC(=O)CNC(=O)C(C)(C)C. The van der Waals surface area contributed by atoms with E-state index in [0.29, 0.717) is 6.54 Å². The molecule has 0 aromatic rings. The Morgan fingerprint density at radius 3 is 2.19 bits per heavy atom. The smallest absolute Gasteiger partial charge is 0.239 e. The van der Waals surface area contributed by atoms with Crippen molar-refractivity contribution < 1.29 is 9.59 Å². The van der Waals surface area contributed by atoms with Crippen LogP contribution in [0, 0.1) is 5.41 Å². The average Bonchev–Trinajstić information content (AvgIpc) is 2.19. The van der Waals surface area contributed by atoms with Crippen LogP contribution in [0.1, 0.15) is 47.0 Å². The Kier molecular flexibility index (Phi) is 6.77. The number of rotatable bonds is 6. The van der Waals surface area contributed by atoms with Crippen LogP contribution in [0.15, 0.2) is 0 Å². The molecule has 0 saturated carbocycles. The topological polar surface area (TPSA) is 58.2 Å². The molecule has 16 heavy (non-hydrogen) atoms. The molecular weight excluding hydrogens is 204 g/mol. The average molecular weight is 228 g/mol. The molecule has 0 rings (SSSR count). The monoisotopic (exact) mass is 228 g/mol. The van der Waals surface area contributed by atoms with Crippen LogP contribution in [0.5, 0.6) is 0 Å². The van der Waals surface area contributed by atoms with Crippen molar-refractivity contribution in [3.63, 3.8) is 0 Å². The van der Waals surface area contributed by atoms with E-state index in [1.807, 2.05) is 20.8 Å². The van der Waals surface area contributed by atoms with Gasteiger partial charge < -0.3 is 10.6 Å². The van der Waals surface area contributed by atoms with Crippen molar-refractivity contribution >= 4 is 11.8 Å². The molecule has 0 aromatic heterocycles. The molecule has 2 N–H and O–H groups in total. The third-order valence-corrected chi connectivity index (χ3v) is 2.19. The predicted octanol–water partition coefficient (Wildman–Crippen LogP) is 1.46. The Labute approximate surface area is 98.2 Å². The molecule has 0 radical (unpaired) electrons. The van der Waals surface area contributed by atoms with Crippen LogP contribution in [-0.2, 0) is 9.59 Å².